The predicted octanol–water partition coefficient (Wildman–Crippen LogP) is 2.41. The van der Waals surface area contributed by atoms with E-state index in [-0.39, 0.29) is 5.56 Å². The summed E-state index contributed by atoms with van der Waals surface area (Å²) in [5.74, 6) is -0.407. The predicted molar refractivity (Wildman–Crippen MR) is 71.3 cm³/mol. The van der Waals surface area contributed by atoms with Crippen molar-refractivity contribution < 1.29 is 9.90 Å². The summed E-state index contributed by atoms with van der Waals surface area (Å²) in [6.07, 6.45) is 0. The Bertz CT molecular complexity index is 586. The molecule has 0 aliphatic heterocycles. The molecule has 2 rings (SSSR count). The van der Waals surface area contributed by atoms with Crippen LogP contribution in [0.25, 0.3) is 0 Å². The standard InChI is InChI=1S/C12H15N3O2S/c1-7-5-18-6-9(7)4-13-11-10(12(16)17)8(2)14-15(11)3/h5-6,13H,4H2,1-3H3,(H,16,17). The van der Waals surface area contributed by atoms with Crippen molar-refractivity contribution in [2.75, 3.05) is 5.32 Å². The minimum atomic E-state index is -0.954. The van der Waals surface area contributed by atoms with Gasteiger partial charge in [-0.15, -0.1) is 0 Å². The highest BCUT2D eigenvalue weighted by molar-refractivity contribution is 7.08. The highest BCUT2D eigenvalue weighted by Crippen LogP contribution is 2.21. The molecule has 0 fully saturated rings. The lowest BCUT2D eigenvalue weighted by Crippen LogP contribution is -2.09. The van der Waals surface area contributed by atoms with Gasteiger partial charge in [0.15, 0.2) is 0 Å². The summed E-state index contributed by atoms with van der Waals surface area (Å²) >= 11 is 1.64. The first-order chi connectivity index (χ1) is 8.50. The Morgan fingerprint density at radius 2 is 2.22 bits per heavy atom. The van der Waals surface area contributed by atoms with Gasteiger partial charge in [0.05, 0.1) is 5.69 Å². The Labute approximate surface area is 109 Å². The highest BCUT2D eigenvalue weighted by Gasteiger charge is 2.19. The Balaban J connectivity index is 2.24. The van der Waals surface area contributed by atoms with E-state index < -0.39 is 5.97 Å². The lowest BCUT2D eigenvalue weighted by Gasteiger charge is -2.07. The number of rotatable bonds is 4. The number of hydrogen-bond donors (Lipinski definition) is 2. The maximum atomic E-state index is 11.2. The van der Waals surface area contributed by atoms with Gasteiger partial charge in [-0.1, -0.05) is 0 Å². The number of thiophene rings is 1. The van der Waals surface area contributed by atoms with Gasteiger partial charge in [0.25, 0.3) is 0 Å². The van der Waals surface area contributed by atoms with Crippen LogP contribution in [0.5, 0.6) is 0 Å². The number of aromatic carboxylic acids is 1. The van der Waals surface area contributed by atoms with E-state index in [1.165, 1.54) is 11.1 Å². The van der Waals surface area contributed by atoms with Crippen LogP contribution in [0.1, 0.15) is 27.2 Å². The normalized spacial score (nSPS) is 10.6. The van der Waals surface area contributed by atoms with E-state index in [0.29, 0.717) is 18.1 Å². The van der Waals surface area contributed by atoms with E-state index in [9.17, 15) is 9.90 Å². The first kappa shape index (κ1) is 12.6. The largest absolute Gasteiger partial charge is 0.477 e. The summed E-state index contributed by atoms with van der Waals surface area (Å²) in [5, 5.41) is 20.6. The molecule has 96 valence electrons. The molecule has 0 atom stereocenters. The number of anilines is 1. The van der Waals surface area contributed by atoms with Crippen LogP contribution in [0, 0.1) is 13.8 Å². The van der Waals surface area contributed by atoms with Crippen LogP contribution < -0.4 is 5.32 Å². The molecule has 0 aliphatic carbocycles. The molecular weight excluding hydrogens is 250 g/mol. The molecule has 18 heavy (non-hydrogen) atoms. The molecule has 0 spiro atoms. The minimum absolute atomic E-state index is 0.241. The van der Waals surface area contributed by atoms with Crippen molar-refractivity contribution in [3.8, 4) is 0 Å². The smallest absolute Gasteiger partial charge is 0.341 e. The van der Waals surface area contributed by atoms with Crippen molar-refractivity contribution >= 4 is 23.1 Å². The molecule has 0 bridgehead atoms. The zero-order valence-corrected chi connectivity index (χ0v) is 11.3. The molecule has 0 saturated carbocycles. The maximum Gasteiger partial charge on any atom is 0.341 e. The molecule has 2 N–H and O–H groups in total. The Morgan fingerprint density at radius 3 is 2.78 bits per heavy atom. The van der Waals surface area contributed by atoms with Crippen LogP contribution in [-0.2, 0) is 13.6 Å². The van der Waals surface area contributed by atoms with Crippen LogP contribution in [0.2, 0.25) is 0 Å². The second-order valence-corrected chi connectivity index (χ2v) is 4.91. The molecule has 0 radical (unpaired) electrons. The number of aryl methyl sites for hydroxylation is 3. The maximum absolute atomic E-state index is 11.2. The number of carboxylic acids is 1. The molecule has 0 unspecified atom stereocenters. The first-order valence-corrected chi connectivity index (χ1v) is 6.47. The van der Waals surface area contributed by atoms with Gasteiger partial charge in [0, 0.05) is 13.6 Å². The SMILES string of the molecule is Cc1cscc1CNc1c(C(=O)O)c(C)nn1C. The molecule has 6 heteroatoms. The van der Waals surface area contributed by atoms with Crippen molar-refractivity contribution in [2.45, 2.75) is 20.4 Å². The van der Waals surface area contributed by atoms with Crippen LogP contribution in [0.15, 0.2) is 10.8 Å². The minimum Gasteiger partial charge on any atom is -0.477 e. The molecule has 0 aliphatic rings. The van der Waals surface area contributed by atoms with E-state index in [0.717, 1.165) is 0 Å². The molecule has 0 saturated heterocycles. The average molecular weight is 265 g/mol. The number of carboxylic acid groups (broad SMARTS) is 1. The number of nitrogens with one attached hydrogen (secondary N) is 1. The number of nitrogens with zero attached hydrogens (tertiary/aromatic N) is 2. The summed E-state index contributed by atoms with van der Waals surface area (Å²) < 4.78 is 1.57. The lowest BCUT2D eigenvalue weighted by atomic mass is 10.2. The molecular formula is C12H15N3O2S. The molecule has 2 aromatic rings. The second-order valence-electron chi connectivity index (χ2n) is 4.17. The Kier molecular flexibility index (Phi) is 3.38. The lowest BCUT2D eigenvalue weighted by molar-refractivity contribution is 0.0697. The number of hydrogen-bond acceptors (Lipinski definition) is 4. The zero-order chi connectivity index (χ0) is 13.3. The van der Waals surface area contributed by atoms with E-state index in [1.807, 2.05) is 6.92 Å². The monoisotopic (exact) mass is 265 g/mol. The van der Waals surface area contributed by atoms with Gasteiger partial charge in [-0.3, -0.25) is 4.68 Å². The summed E-state index contributed by atoms with van der Waals surface area (Å²) in [5.41, 5.74) is 3.15. The summed E-state index contributed by atoms with van der Waals surface area (Å²) in [4.78, 5) is 11.2. The van der Waals surface area contributed by atoms with Gasteiger partial charge >= 0.3 is 5.97 Å². The zero-order valence-electron chi connectivity index (χ0n) is 10.5. The summed E-state index contributed by atoms with van der Waals surface area (Å²) in [7, 11) is 1.74. The third-order valence-corrected chi connectivity index (χ3v) is 3.75. The van der Waals surface area contributed by atoms with Gasteiger partial charge < -0.3 is 10.4 Å². The van der Waals surface area contributed by atoms with Crippen molar-refractivity contribution in [2.24, 2.45) is 7.05 Å². The van der Waals surface area contributed by atoms with Crippen LogP contribution in [0.3, 0.4) is 0 Å². The van der Waals surface area contributed by atoms with Gasteiger partial charge in [0.2, 0.25) is 0 Å². The van der Waals surface area contributed by atoms with Crippen LogP contribution >= 0.6 is 11.3 Å². The molecule has 0 aromatic carbocycles. The van der Waals surface area contributed by atoms with E-state index >= 15 is 0 Å². The van der Waals surface area contributed by atoms with E-state index in [4.69, 9.17) is 0 Å². The summed E-state index contributed by atoms with van der Waals surface area (Å²) in [6, 6.07) is 0. The quantitative estimate of drug-likeness (QED) is 0.891. The third-order valence-electron chi connectivity index (χ3n) is 2.84. The molecule has 2 aromatic heterocycles. The molecule has 5 nitrogen and oxygen atoms in total. The fourth-order valence-corrected chi connectivity index (χ4v) is 2.72. The molecule has 2 heterocycles. The summed E-state index contributed by atoms with van der Waals surface area (Å²) in [6.45, 7) is 4.35. The second kappa shape index (κ2) is 4.81. The van der Waals surface area contributed by atoms with E-state index in [1.54, 1.807) is 30.0 Å². The van der Waals surface area contributed by atoms with Crippen molar-refractivity contribution in [3.05, 3.63) is 33.1 Å². The Morgan fingerprint density at radius 1 is 1.50 bits per heavy atom. The molecule has 0 amide bonds. The van der Waals surface area contributed by atoms with Gasteiger partial charge in [-0.2, -0.15) is 16.4 Å². The van der Waals surface area contributed by atoms with Crippen molar-refractivity contribution in [3.63, 3.8) is 0 Å². The van der Waals surface area contributed by atoms with Gasteiger partial charge in [0.1, 0.15) is 11.4 Å². The Hall–Kier alpha value is -1.82. The number of carbonyl (C=O) groups is 1. The van der Waals surface area contributed by atoms with Crippen molar-refractivity contribution in [1.29, 1.82) is 0 Å². The van der Waals surface area contributed by atoms with Crippen molar-refractivity contribution in [1.82, 2.24) is 9.78 Å². The topological polar surface area (TPSA) is 67.2 Å². The average Bonchev–Trinajstić information content (AvgIpc) is 2.79. The van der Waals surface area contributed by atoms with E-state index in [2.05, 4.69) is 21.2 Å². The van der Waals surface area contributed by atoms with Gasteiger partial charge in [-0.25, -0.2) is 4.79 Å². The fourth-order valence-electron chi connectivity index (χ4n) is 1.86. The third kappa shape index (κ3) is 2.24. The van der Waals surface area contributed by atoms with Gasteiger partial charge in [-0.05, 0) is 35.7 Å². The fraction of sp³-hybridized carbons (Fsp3) is 0.333. The van der Waals surface area contributed by atoms with Crippen LogP contribution in [-0.4, -0.2) is 20.9 Å². The first-order valence-electron chi connectivity index (χ1n) is 5.53. The number of aromatic nitrogens is 2. The van der Waals surface area contributed by atoms with Crippen LogP contribution in [0.4, 0.5) is 5.82 Å². The highest BCUT2D eigenvalue weighted by atomic mass is 32.1.